The smallest absolute Gasteiger partial charge is 0.261 e. The molecule has 2 aromatic rings. The number of anilines is 2. The number of ether oxygens (including phenoxy) is 1. The predicted octanol–water partition coefficient (Wildman–Crippen LogP) is 3.42. The van der Waals surface area contributed by atoms with Crippen molar-refractivity contribution in [1.82, 2.24) is 9.97 Å². The van der Waals surface area contributed by atoms with E-state index in [9.17, 15) is 4.79 Å². The average molecular weight is 462 g/mol. The third kappa shape index (κ3) is 3.53. The Morgan fingerprint density at radius 1 is 1.32 bits per heavy atom. The molecule has 2 atom stereocenters. The number of piperidine rings is 1. The third-order valence-electron chi connectivity index (χ3n) is 6.88. The van der Waals surface area contributed by atoms with Crippen LogP contribution < -0.4 is 21.5 Å². The van der Waals surface area contributed by atoms with E-state index in [1.807, 2.05) is 25.1 Å². The molecule has 1 aliphatic carbocycles. The number of hydrogen-bond donors (Lipinski definition) is 3. The van der Waals surface area contributed by atoms with Gasteiger partial charge in [-0.2, -0.15) is 0 Å². The highest BCUT2D eigenvalue weighted by atomic mass is 35.5. The summed E-state index contributed by atoms with van der Waals surface area (Å²) >= 11 is 12.4. The first kappa shape index (κ1) is 20.8. The Morgan fingerprint density at radius 2 is 2.10 bits per heavy atom. The van der Waals surface area contributed by atoms with Gasteiger partial charge in [0.2, 0.25) is 5.95 Å². The zero-order valence-electron chi connectivity index (χ0n) is 17.3. The second-order valence-electron chi connectivity index (χ2n) is 8.65. The summed E-state index contributed by atoms with van der Waals surface area (Å²) in [6.07, 6.45) is 4.49. The van der Waals surface area contributed by atoms with E-state index in [4.69, 9.17) is 38.7 Å². The van der Waals surface area contributed by atoms with E-state index in [0.717, 1.165) is 31.6 Å². The van der Waals surface area contributed by atoms with Gasteiger partial charge in [-0.05, 0) is 31.9 Å². The Morgan fingerprint density at radius 3 is 2.81 bits per heavy atom. The van der Waals surface area contributed by atoms with Crippen LogP contribution >= 0.6 is 23.2 Å². The quantitative estimate of drug-likeness (QED) is 0.647. The van der Waals surface area contributed by atoms with Crippen molar-refractivity contribution in [3.05, 3.63) is 55.9 Å². The molecule has 7 nitrogen and oxygen atoms in total. The number of hydrogen-bond acceptors (Lipinski definition) is 6. The van der Waals surface area contributed by atoms with E-state index in [0.29, 0.717) is 46.0 Å². The van der Waals surface area contributed by atoms with Crippen molar-refractivity contribution in [2.75, 3.05) is 29.9 Å². The van der Waals surface area contributed by atoms with Crippen molar-refractivity contribution < 1.29 is 4.74 Å². The molecule has 0 bridgehead atoms. The molecule has 0 radical (unpaired) electrons. The van der Waals surface area contributed by atoms with Crippen LogP contribution in [0.2, 0.25) is 10.0 Å². The number of allylic oxidation sites excluding steroid dienone is 1. The molecule has 3 aliphatic rings. The number of rotatable bonds is 3. The van der Waals surface area contributed by atoms with Crippen LogP contribution in [0.1, 0.15) is 31.0 Å². The molecule has 164 valence electrons. The Balaban J connectivity index is 1.34. The molecule has 9 heteroatoms. The highest BCUT2D eigenvalue weighted by Gasteiger charge is 2.47. The van der Waals surface area contributed by atoms with Crippen molar-refractivity contribution in [3.8, 4) is 0 Å². The molecule has 3 heterocycles. The molecule has 5 rings (SSSR count). The van der Waals surface area contributed by atoms with Crippen LogP contribution in [0.5, 0.6) is 0 Å². The number of fused-ring (bicyclic) bond motifs is 1. The number of aromatic nitrogens is 2. The number of halogens is 2. The molecule has 1 spiro atoms. The first-order valence-corrected chi connectivity index (χ1v) is 11.3. The maximum absolute atomic E-state index is 13.0. The molecule has 31 heavy (non-hydrogen) atoms. The van der Waals surface area contributed by atoms with Crippen LogP contribution in [0.3, 0.4) is 0 Å². The lowest BCUT2D eigenvalue weighted by Crippen LogP contribution is -2.51. The summed E-state index contributed by atoms with van der Waals surface area (Å²) in [6, 6.07) is 5.41. The van der Waals surface area contributed by atoms with Gasteiger partial charge in [0.05, 0.1) is 39.7 Å². The lowest BCUT2D eigenvalue weighted by molar-refractivity contribution is 0.0973. The third-order valence-corrected chi connectivity index (χ3v) is 7.70. The molecule has 4 N–H and O–H groups in total. The summed E-state index contributed by atoms with van der Waals surface area (Å²) in [7, 11) is 0. The first-order valence-electron chi connectivity index (χ1n) is 10.5. The molecule has 1 aromatic carbocycles. The standard InChI is InChI=1S/C22H25Cl2N5O2/c1-12-19(25)22(11-31-12)7-9-29(10-8-22)21-27-15-6-5-14(17(15)20(30)28-21)26-16-4-2-3-13(23)18(16)24/h2-5,12,19,26H,6-11,25H2,1H3,(H,27,28,30)/t12-,19+/m0/s1. The lowest BCUT2D eigenvalue weighted by Gasteiger charge is -2.41. The number of nitrogens with one attached hydrogen (secondary N) is 2. The molecule has 1 aromatic heterocycles. The average Bonchev–Trinajstić information content (AvgIpc) is 3.29. The molecule has 0 unspecified atom stereocenters. The highest BCUT2D eigenvalue weighted by molar-refractivity contribution is 6.43. The predicted molar refractivity (Wildman–Crippen MR) is 124 cm³/mol. The monoisotopic (exact) mass is 461 g/mol. The number of nitrogens with zero attached hydrogens (tertiary/aromatic N) is 2. The van der Waals surface area contributed by atoms with Crippen molar-refractivity contribution in [3.63, 3.8) is 0 Å². The normalized spacial score (nSPS) is 24.4. The van der Waals surface area contributed by atoms with E-state index in [2.05, 4.69) is 15.2 Å². The van der Waals surface area contributed by atoms with Crippen LogP contribution in [0.4, 0.5) is 11.6 Å². The number of aromatic amines is 1. The SMILES string of the molecule is C[C@@H]1OCC2(CCN(c3nc4c(c(=O)[nH]3)C(Nc3cccc(Cl)c3Cl)=CC4)CC2)[C@@H]1N. The Labute approximate surface area is 190 Å². The number of benzene rings is 1. The second kappa shape index (κ2) is 7.81. The molecule has 0 saturated carbocycles. The minimum Gasteiger partial charge on any atom is -0.376 e. The molecular formula is C22H25Cl2N5O2. The van der Waals surface area contributed by atoms with Gasteiger partial charge in [-0.25, -0.2) is 4.98 Å². The maximum atomic E-state index is 13.0. The van der Waals surface area contributed by atoms with Gasteiger partial charge in [-0.15, -0.1) is 0 Å². The molecule has 2 saturated heterocycles. The van der Waals surface area contributed by atoms with Crippen molar-refractivity contribution >= 4 is 40.5 Å². The van der Waals surface area contributed by atoms with Gasteiger partial charge in [-0.3, -0.25) is 9.78 Å². The highest BCUT2D eigenvalue weighted by Crippen LogP contribution is 2.41. The van der Waals surface area contributed by atoms with Crippen molar-refractivity contribution in [1.29, 1.82) is 0 Å². The van der Waals surface area contributed by atoms with Gasteiger partial charge in [0.1, 0.15) is 0 Å². The Kier molecular flexibility index (Phi) is 5.25. The summed E-state index contributed by atoms with van der Waals surface area (Å²) < 4.78 is 5.81. The molecule has 0 amide bonds. The van der Waals surface area contributed by atoms with Crippen LogP contribution in [0.15, 0.2) is 29.1 Å². The summed E-state index contributed by atoms with van der Waals surface area (Å²) in [5, 5.41) is 4.11. The van der Waals surface area contributed by atoms with Crippen LogP contribution in [0.25, 0.3) is 5.70 Å². The van der Waals surface area contributed by atoms with E-state index in [-0.39, 0.29) is 23.1 Å². The molecular weight excluding hydrogens is 437 g/mol. The van der Waals surface area contributed by atoms with Crippen LogP contribution in [-0.4, -0.2) is 41.8 Å². The Bertz CT molecular complexity index is 1110. The van der Waals surface area contributed by atoms with Crippen molar-refractivity contribution in [2.45, 2.75) is 38.3 Å². The largest absolute Gasteiger partial charge is 0.376 e. The van der Waals surface area contributed by atoms with Gasteiger partial charge in [0, 0.05) is 36.7 Å². The first-order chi connectivity index (χ1) is 14.9. The summed E-state index contributed by atoms with van der Waals surface area (Å²) in [5.74, 6) is 0.620. The van der Waals surface area contributed by atoms with Crippen LogP contribution in [0, 0.1) is 5.41 Å². The minimum absolute atomic E-state index is 0.0296. The molecule has 2 aliphatic heterocycles. The van der Waals surface area contributed by atoms with Gasteiger partial charge >= 0.3 is 0 Å². The van der Waals surface area contributed by atoms with E-state index in [1.165, 1.54) is 0 Å². The lowest BCUT2D eigenvalue weighted by atomic mass is 9.73. The number of nitrogens with two attached hydrogens (primary N) is 1. The number of H-pyrrole nitrogens is 1. The summed E-state index contributed by atoms with van der Waals surface area (Å²) in [4.78, 5) is 22.9. The maximum Gasteiger partial charge on any atom is 0.261 e. The van der Waals surface area contributed by atoms with Crippen LogP contribution in [-0.2, 0) is 11.2 Å². The van der Waals surface area contributed by atoms with Gasteiger partial charge < -0.3 is 20.7 Å². The van der Waals surface area contributed by atoms with E-state index < -0.39 is 0 Å². The van der Waals surface area contributed by atoms with Crippen molar-refractivity contribution in [2.24, 2.45) is 11.1 Å². The summed E-state index contributed by atoms with van der Waals surface area (Å²) in [5.41, 5.74) is 8.94. The fraction of sp³-hybridized carbons (Fsp3) is 0.455. The topological polar surface area (TPSA) is 96.3 Å². The van der Waals surface area contributed by atoms with E-state index >= 15 is 0 Å². The molecule has 2 fully saturated rings. The fourth-order valence-corrected chi connectivity index (χ4v) is 5.23. The summed E-state index contributed by atoms with van der Waals surface area (Å²) in [6.45, 7) is 4.34. The van der Waals surface area contributed by atoms with Gasteiger partial charge in [0.25, 0.3) is 5.56 Å². The minimum atomic E-state index is -0.163. The van der Waals surface area contributed by atoms with E-state index in [1.54, 1.807) is 6.07 Å². The Hall–Kier alpha value is -2.06. The van der Waals surface area contributed by atoms with Gasteiger partial charge in [0.15, 0.2) is 0 Å². The second-order valence-corrected chi connectivity index (χ2v) is 9.44. The zero-order valence-corrected chi connectivity index (χ0v) is 18.8. The fourth-order valence-electron chi connectivity index (χ4n) is 4.88. The van der Waals surface area contributed by atoms with Gasteiger partial charge in [-0.1, -0.05) is 35.3 Å². The zero-order chi connectivity index (χ0) is 21.8.